The number of rotatable bonds is 6. The molecular weight excluding hydrogens is 350 g/mol. The molecule has 0 radical (unpaired) electrons. The van der Waals surface area contributed by atoms with Crippen LogP contribution in [0.3, 0.4) is 0 Å². The lowest BCUT2D eigenvalue weighted by Crippen LogP contribution is -2.30. The smallest absolute Gasteiger partial charge is 0.251 e. The monoisotopic (exact) mass is 373 g/mol. The molecule has 0 bridgehead atoms. The number of carbonyl (C=O) groups excluding carboxylic acids is 2. The normalized spacial score (nSPS) is 13.9. The fraction of sp³-hybridized carbons (Fsp3) is 0.368. The molecule has 0 saturated carbocycles. The maximum atomic E-state index is 12.4. The summed E-state index contributed by atoms with van der Waals surface area (Å²) in [5.41, 5.74) is 7.94. The van der Waals surface area contributed by atoms with Crippen LogP contribution in [-0.4, -0.2) is 36.9 Å². The molecule has 6 nitrogen and oxygen atoms in total. The first-order valence-electron chi connectivity index (χ1n) is 8.61. The summed E-state index contributed by atoms with van der Waals surface area (Å²) in [4.78, 5) is 27.8. The van der Waals surface area contributed by atoms with Crippen molar-refractivity contribution in [1.29, 1.82) is 0 Å². The summed E-state index contributed by atoms with van der Waals surface area (Å²) in [5, 5.41) is 3.46. The van der Waals surface area contributed by atoms with Gasteiger partial charge < -0.3 is 15.8 Å². The first-order chi connectivity index (χ1) is 12.5. The second-order valence-corrected chi connectivity index (χ2v) is 7.37. The fourth-order valence-electron chi connectivity index (χ4n) is 3.17. The Balaban J connectivity index is 1.77. The number of hydrogen-bond acceptors (Lipinski definition) is 5. The van der Waals surface area contributed by atoms with Crippen LogP contribution in [0.1, 0.15) is 33.3 Å². The van der Waals surface area contributed by atoms with Gasteiger partial charge in [0.25, 0.3) is 5.91 Å². The first kappa shape index (κ1) is 18.4. The number of ether oxygens (including phenoxy) is 1. The van der Waals surface area contributed by atoms with Gasteiger partial charge in [-0.2, -0.15) is 0 Å². The van der Waals surface area contributed by atoms with E-state index in [0.29, 0.717) is 10.6 Å². The number of nitrogens with two attached hydrogens (primary N) is 1. The van der Waals surface area contributed by atoms with Gasteiger partial charge in [0, 0.05) is 18.0 Å². The molecule has 26 heavy (non-hydrogen) atoms. The lowest BCUT2D eigenvalue weighted by atomic mass is 10.0. The molecule has 0 aliphatic carbocycles. The van der Waals surface area contributed by atoms with E-state index in [2.05, 4.69) is 17.1 Å². The predicted molar refractivity (Wildman–Crippen MR) is 103 cm³/mol. The second-order valence-electron chi connectivity index (χ2n) is 6.26. The van der Waals surface area contributed by atoms with Gasteiger partial charge in [-0.3, -0.25) is 14.5 Å². The van der Waals surface area contributed by atoms with Crippen molar-refractivity contribution in [3.63, 3.8) is 0 Å². The predicted octanol–water partition coefficient (Wildman–Crippen LogP) is 2.41. The van der Waals surface area contributed by atoms with Crippen molar-refractivity contribution in [2.75, 3.05) is 25.5 Å². The molecule has 1 aromatic heterocycles. The number of carbonyl (C=O) groups is 2. The van der Waals surface area contributed by atoms with Gasteiger partial charge in [0.2, 0.25) is 5.91 Å². The molecule has 1 aliphatic rings. The van der Waals surface area contributed by atoms with E-state index in [1.807, 2.05) is 24.3 Å². The summed E-state index contributed by atoms with van der Waals surface area (Å²) < 4.78 is 5.12. The van der Waals surface area contributed by atoms with E-state index in [1.165, 1.54) is 11.3 Å². The van der Waals surface area contributed by atoms with Crippen LogP contribution < -0.4 is 15.8 Å². The van der Waals surface area contributed by atoms with Gasteiger partial charge in [-0.1, -0.05) is 19.1 Å². The molecule has 0 saturated heterocycles. The third-order valence-corrected chi connectivity index (χ3v) is 5.74. The van der Waals surface area contributed by atoms with Crippen LogP contribution in [0.25, 0.3) is 0 Å². The van der Waals surface area contributed by atoms with Crippen LogP contribution >= 0.6 is 11.3 Å². The zero-order valence-corrected chi connectivity index (χ0v) is 15.8. The van der Waals surface area contributed by atoms with E-state index in [9.17, 15) is 9.59 Å². The molecule has 7 heteroatoms. The van der Waals surface area contributed by atoms with Crippen molar-refractivity contribution in [3.8, 4) is 5.75 Å². The minimum atomic E-state index is -0.479. The Bertz CT molecular complexity index is 814. The fourth-order valence-corrected chi connectivity index (χ4v) is 4.49. The van der Waals surface area contributed by atoms with Gasteiger partial charge in [-0.15, -0.1) is 11.3 Å². The minimum absolute atomic E-state index is 0.163. The number of fused-ring (bicyclic) bond motifs is 1. The molecule has 1 aliphatic heterocycles. The third-order valence-electron chi connectivity index (χ3n) is 4.61. The highest BCUT2D eigenvalue weighted by atomic mass is 32.1. The van der Waals surface area contributed by atoms with Gasteiger partial charge in [-0.25, -0.2) is 0 Å². The number of methoxy groups -OCH3 is 1. The van der Waals surface area contributed by atoms with Crippen molar-refractivity contribution < 1.29 is 14.3 Å². The van der Waals surface area contributed by atoms with Gasteiger partial charge >= 0.3 is 0 Å². The van der Waals surface area contributed by atoms with Crippen molar-refractivity contribution >= 4 is 28.2 Å². The van der Waals surface area contributed by atoms with Crippen LogP contribution in [-0.2, 0) is 24.2 Å². The van der Waals surface area contributed by atoms with Crippen LogP contribution in [0, 0.1) is 0 Å². The highest BCUT2D eigenvalue weighted by Gasteiger charge is 2.27. The zero-order valence-electron chi connectivity index (χ0n) is 15.0. The molecule has 3 N–H and O–H groups in total. The van der Waals surface area contributed by atoms with Crippen molar-refractivity contribution in [2.24, 2.45) is 5.73 Å². The van der Waals surface area contributed by atoms with Gasteiger partial charge in [0.1, 0.15) is 10.8 Å². The lowest BCUT2D eigenvalue weighted by Gasteiger charge is -2.25. The Morgan fingerprint density at radius 2 is 2.04 bits per heavy atom. The van der Waals surface area contributed by atoms with Crippen molar-refractivity contribution in [2.45, 2.75) is 26.3 Å². The molecular formula is C19H23N3O3S. The Labute approximate surface area is 156 Å². The van der Waals surface area contributed by atoms with Crippen molar-refractivity contribution in [3.05, 3.63) is 45.8 Å². The minimum Gasteiger partial charge on any atom is -0.497 e. The van der Waals surface area contributed by atoms with E-state index >= 15 is 0 Å². The molecule has 138 valence electrons. The van der Waals surface area contributed by atoms with E-state index in [-0.39, 0.29) is 12.3 Å². The maximum absolute atomic E-state index is 12.4. The Hall–Kier alpha value is -2.38. The van der Waals surface area contributed by atoms with Crippen LogP contribution in [0.4, 0.5) is 5.00 Å². The van der Waals surface area contributed by atoms with Crippen molar-refractivity contribution in [1.82, 2.24) is 4.90 Å². The van der Waals surface area contributed by atoms with Crippen LogP contribution in [0.5, 0.6) is 5.75 Å². The molecule has 0 fully saturated rings. The first-order valence-corrected chi connectivity index (χ1v) is 9.43. The standard InChI is InChI=1S/C19H23N3O3S/c1-3-22-9-8-14-15(11-22)26-19(17(14)18(20)24)21-16(23)10-12-4-6-13(25-2)7-5-12/h4-7H,3,8-11H2,1-2H3,(H2,20,24)(H,21,23). The largest absolute Gasteiger partial charge is 0.497 e. The SMILES string of the molecule is CCN1CCc2c(sc(NC(=O)Cc3ccc(OC)cc3)c2C(N)=O)C1. The number of hydrogen-bond donors (Lipinski definition) is 2. The molecule has 2 aromatic rings. The number of thiophene rings is 1. The lowest BCUT2D eigenvalue weighted by molar-refractivity contribution is -0.115. The summed E-state index contributed by atoms with van der Waals surface area (Å²) in [6, 6.07) is 7.35. The summed E-state index contributed by atoms with van der Waals surface area (Å²) >= 11 is 1.46. The molecule has 3 rings (SSSR count). The third kappa shape index (κ3) is 3.89. The number of amides is 2. The maximum Gasteiger partial charge on any atom is 0.251 e. The zero-order chi connectivity index (χ0) is 18.7. The highest BCUT2D eigenvalue weighted by molar-refractivity contribution is 7.17. The highest BCUT2D eigenvalue weighted by Crippen LogP contribution is 2.36. The van der Waals surface area contributed by atoms with Crippen LogP contribution in [0.2, 0.25) is 0 Å². The average molecular weight is 373 g/mol. The number of anilines is 1. The van der Waals surface area contributed by atoms with Gasteiger partial charge in [0.15, 0.2) is 0 Å². The number of benzene rings is 1. The van der Waals surface area contributed by atoms with E-state index in [4.69, 9.17) is 10.5 Å². The molecule has 0 unspecified atom stereocenters. The quantitative estimate of drug-likeness (QED) is 0.814. The number of nitrogens with one attached hydrogen (secondary N) is 1. The van der Waals surface area contributed by atoms with Crippen LogP contribution in [0.15, 0.2) is 24.3 Å². The molecule has 0 atom stereocenters. The second kappa shape index (κ2) is 7.88. The number of nitrogens with zero attached hydrogens (tertiary/aromatic N) is 1. The summed E-state index contributed by atoms with van der Waals surface area (Å²) in [6.45, 7) is 4.78. The molecule has 1 aromatic carbocycles. The van der Waals surface area contributed by atoms with E-state index in [0.717, 1.165) is 47.8 Å². The van der Waals surface area contributed by atoms with E-state index < -0.39 is 5.91 Å². The summed E-state index contributed by atoms with van der Waals surface area (Å²) in [7, 11) is 1.60. The Kier molecular flexibility index (Phi) is 5.58. The topological polar surface area (TPSA) is 84.7 Å². The average Bonchev–Trinajstić information content (AvgIpc) is 2.99. The van der Waals surface area contributed by atoms with E-state index in [1.54, 1.807) is 7.11 Å². The number of likely N-dealkylation sites (N-methyl/N-ethyl adjacent to an activating group) is 1. The Morgan fingerprint density at radius 3 is 2.65 bits per heavy atom. The summed E-state index contributed by atoms with van der Waals surface area (Å²) in [6.07, 6.45) is 1.01. The Morgan fingerprint density at radius 1 is 1.31 bits per heavy atom. The number of primary amides is 1. The molecule has 0 spiro atoms. The summed E-state index contributed by atoms with van der Waals surface area (Å²) in [5.74, 6) is 0.104. The van der Waals surface area contributed by atoms with Gasteiger partial charge in [0.05, 0.1) is 19.1 Å². The molecule has 2 heterocycles. The van der Waals surface area contributed by atoms with Gasteiger partial charge in [-0.05, 0) is 36.2 Å². The molecule has 2 amide bonds.